The van der Waals surface area contributed by atoms with Crippen LogP contribution in [0.3, 0.4) is 0 Å². The van der Waals surface area contributed by atoms with Gasteiger partial charge in [0.05, 0.1) is 11.4 Å². The molecular weight excluding hydrogens is 329 g/mol. The molecule has 0 amide bonds. The molecule has 3 aromatic carbocycles. The van der Waals surface area contributed by atoms with Gasteiger partial charge in [0, 0.05) is 10.9 Å². The zero-order valence-electron chi connectivity index (χ0n) is 12.2. The number of alkyl halides is 2. The summed E-state index contributed by atoms with van der Waals surface area (Å²) >= 11 is 12.8. The molecule has 4 rings (SSSR count). The molecular formula is C18H15Cl2N3. The van der Waals surface area contributed by atoms with Crippen molar-refractivity contribution < 1.29 is 0 Å². The van der Waals surface area contributed by atoms with Gasteiger partial charge in [-0.1, -0.05) is 66.2 Å². The van der Waals surface area contributed by atoms with Crippen LogP contribution in [0, 0.1) is 0 Å². The van der Waals surface area contributed by atoms with Gasteiger partial charge in [-0.2, -0.15) is 0 Å². The maximum Gasteiger partial charge on any atom is 0.177 e. The molecule has 2 unspecified atom stereocenters. The number of halogens is 2. The van der Waals surface area contributed by atoms with Crippen LogP contribution in [-0.4, -0.2) is 5.62 Å². The van der Waals surface area contributed by atoms with E-state index >= 15 is 0 Å². The standard InChI is InChI=1S/C18H15Cl2N3/c19-17-14-9-3-4-11-16(14)23(18(20)21-17)22-15-10-5-7-12-6-1-2-8-13(12)15/h1-11,17-18,21-22H. The van der Waals surface area contributed by atoms with Gasteiger partial charge in [0.1, 0.15) is 5.50 Å². The van der Waals surface area contributed by atoms with Crippen molar-refractivity contribution in [2.45, 2.75) is 11.1 Å². The zero-order valence-corrected chi connectivity index (χ0v) is 13.7. The number of fused-ring (bicyclic) bond motifs is 2. The third kappa shape index (κ3) is 2.61. The Morgan fingerprint density at radius 1 is 0.870 bits per heavy atom. The van der Waals surface area contributed by atoms with E-state index in [1.807, 2.05) is 53.5 Å². The second-order valence-corrected chi connectivity index (χ2v) is 6.28. The minimum Gasteiger partial charge on any atom is -0.295 e. The van der Waals surface area contributed by atoms with Crippen molar-refractivity contribution >= 4 is 45.3 Å². The van der Waals surface area contributed by atoms with Crippen LogP contribution in [0.2, 0.25) is 0 Å². The van der Waals surface area contributed by atoms with Gasteiger partial charge >= 0.3 is 0 Å². The third-order valence-electron chi connectivity index (χ3n) is 4.01. The van der Waals surface area contributed by atoms with Crippen molar-refractivity contribution in [1.82, 2.24) is 5.32 Å². The monoisotopic (exact) mass is 343 g/mol. The Kier molecular flexibility index (Phi) is 3.77. The summed E-state index contributed by atoms with van der Waals surface area (Å²) in [5.41, 5.74) is 5.64. The van der Waals surface area contributed by atoms with E-state index in [1.165, 1.54) is 5.39 Å². The summed E-state index contributed by atoms with van der Waals surface area (Å²) in [6.45, 7) is 0. The van der Waals surface area contributed by atoms with E-state index in [0.29, 0.717) is 0 Å². The van der Waals surface area contributed by atoms with Crippen LogP contribution < -0.4 is 15.8 Å². The highest BCUT2D eigenvalue weighted by molar-refractivity contribution is 6.25. The van der Waals surface area contributed by atoms with Crippen molar-refractivity contribution in [3.8, 4) is 0 Å². The minimum atomic E-state index is -0.452. The molecule has 0 saturated carbocycles. The van der Waals surface area contributed by atoms with E-state index in [2.05, 4.69) is 28.9 Å². The summed E-state index contributed by atoms with van der Waals surface area (Å²) < 4.78 is 0. The first-order valence-corrected chi connectivity index (χ1v) is 8.28. The van der Waals surface area contributed by atoms with Crippen molar-refractivity contribution in [1.29, 1.82) is 0 Å². The number of nitrogens with zero attached hydrogens (tertiary/aromatic N) is 1. The molecule has 116 valence electrons. The van der Waals surface area contributed by atoms with Crippen LogP contribution in [0.5, 0.6) is 0 Å². The third-order valence-corrected chi connectivity index (χ3v) is 4.69. The minimum absolute atomic E-state index is 0.306. The lowest BCUT2D eigenvalue weighted by Crippen LogP contribution is -2.49. The van der Waals surface area contributed by atoms with E-state index in [0.717, 1.165) is 22.3 Å². The van der Waals surface area contributed by atoms with Crippen molar-refractivity contribution in [3.63, 3.8) is 0 Å². The molecule has 2 N–H and O–H groups in total. The van der Waals surface area contributed by atoms with Crippen LogP contribution in [0.4, 0.5) is 11.4 Å². The molecule has 2 atom stereocenters. The normalized spacial score (nSPS) is 20.3. The van der Waals surface area contributed by atoms with Gasteiger partial charge in [0.25, 0.3) is 0 Å². The van der Waals surface area contributed by atoms with Crippen LogP contribution in [-0.2, 0) is 0 Å². The molecule has 0 aliphatic carbocycles. The lowest BCUT2D eigenvalue weighted by atomic mass is 10.1. The Hall–Kier alpha value is -1.94. The molecule has 0 bridgehead atoms. The highest BCUT2D eigenvalue weighted by Gasteiger charge is 2.29. The summed E-state index contributed by atoms with van der Waals surface area (Å²) in [5, 5.41) is 7.37. The number of hydrazine groups is 1. The van der Waals surface area contributed by atoms with E-state index in [-0.39, 0.29) is 5.50 Å². The molecule has 1 aliphatic heterocycles. The molecule has 3 aromatic rings. The Bertz CT molecular complexity index is 847. The lowest BCUT2D eigenvalue weighted by Gasteiger charge is -2.38. The molecule has 0 aromatic heterocycles. The quantitative estimate of drug-likeness (QED) is 0.504. The second kappa shape index (κ2) is 5.93. The average molecular weight is 344 g/mol. The predicted octanol–water partition coefficient (Wildman–Crippen LogP) is 5.04. The summed E-state index contributed by atoms with van der Waals surface area (Å²) in [6.07, 6.45) is 0. The fourth-order valence-electron chi connectivity index (χ4n) is 2.90. The molecule has 1 aliphatic rings. The summed E-state index contributed by atoms with van der Waals surface area (Å²) in [5.74, 6) is 0. The topological polar surface area (TPSA) is 27.3 Å². The van der Waals surface area contributed by atoms with Gasteiger partial charge in [-0.3, -0.25) is 15.8 Å². The molecule has 5 heteroatoms. The van der Waals surface area contributed by atoms with E-state index < -0.39 is 5.62 Å². The maximum absolute atomic E-state index is 6.47. The maximum atomic E-state index is 6.47. The van der Waals surface area contributed by atoms with Crippen molar-refractivity contribution in [3.05, 3.63) is 72.3 Å². The Morgan fingerprint density at radius 2 is 1.61 bits per heavy atom. The number of benzene rings is 3. The van der Waals surface area contributed by atoms with Gasteiger partial charge in [-0.25, -0.2) is 0 Å². The van der Waals surface area contributed by atoms with Crippen LogP contribution in [0.25, 0.3) is 10.8 Å². The number of anilines is 2. The first-order valence-electron chi connectivity index (χ1n) is 7.41. The number of nitrogens with one attached hydrogen (secondary N) is 2. The fourth-order valence-corrected chi connectivity index (χ4v) is 3.55. The predicted molar refractivity (Wildman–Crippen MR) is 97.9 cm³/mol. The van der Waals surface area contributed by atoms with E-state index in [9.17, 15) is 0 Å². The summed E-state index contributed by atoms with van der Waals surface area (Å²) in [4.78, 5) is 0. The summed E-state index contributed by atoms with van der Waals surface area (Å²) in [6, 6.07) is 22.4. The molecule has 0 saturated heterocycles. The van der Waals surface area contributed by atoms with Gasteiger partial charge in [-0.15, -0.1) is 11.6 Å². The van der Waals surface area contributed by atoms with Gasteiger partial charge < -0.3 is 0 Å². The van der Waals surface area contributed by atoms with Gasteiger partial charge in [-0.05, 0) is 17.5 Å². The molecule has 3 nitrogen and oxygen atoms in total. The Balaban J connectivity index is 1.77. The fraction of sp³-hybridized carbons (Fsp3) is 0.111. The highest BCUT2D eigenvalue weighted by Crippen LogP contribution is 2.36. The Morgan fingerprint density at radius 3 is 2.52 bits per heavy atom. The Labute approximate surface area is 144 Å². The molecule has 0 radical (unpaired) electrons. The van der Waals surface area contributed by atoms with Crippen molar-refractivity contribution in [2.24, 2.45) is 0 Å². The smallest absolute Gasteiger partial charge is 0.177 e. The average Bonchev–Trinajstić information content (AvgIpc) is 2.59. The first kappa shape index (κ1) is 14.6. The first-order chi connectivity index (χ1) is 11.2. The van der Waals surface area contributed by atoms with Crippen LogP contribution in [0.15, 0.2) is 66.7 Å². The lowest BCUT2D eigenvalue weighted by molar-refractivity contribution is 0.579. The van der Waals surface area contributed by atoms with E-state index in [1.54, 1.807) is 0 Å². The number of hydrogen-bond acceptors (Lipinski definition) is 3. The second-order valence-electron chi connectivity index (χ2n) is 5.43. The summed E-state index contributed by atoms with van der Waals surface area (Å²) in [7, 11) is 0. The van der Waals surface area contributed by atoms with Crippen LogP contribution in [0.1, 0.15) is 11.1 Å². The molecule has 23 heavy (non-hydrogen) atoms. The van der Waals surface area contributed by atoms with Crippen molar-refractivity contribution in [2.75, 3.05) is 10.4 Å². The largest absolute Gasteiger partial charge is 0.295 e. The molecule has 0 spiro atoms. The van der Waals surface area contributed by atoms with Gasteiger partial charge in [0.2, 0.25) is 0 Å². The number of hydrogen-bond donors (Lipinski definition) is 2. The molecule has 1 heterocycles. The van der Waals surface area contributed by atoms with Gasteiger partial charge in [0.15, 0.2) is 5.62 Å². The molecule has 0 fully saturated rings. The SMILES string of the molecule is ClC1NC(Cl)N(Nc2cccc3ccccc23)c2ccccc21. The highest BCUT2D eigenvalue weighted by atomic mass is 35.5. The number of para-hydroxylation sites is 1. The number of rotatable bonds is 2. The van der Waals surface area contributed by atoms with Crippen LogP contribution >= 0.6 is 23.2 Å². The zero-order chi connectivity index (χ0) is 15.8. The van der Waals surface area contributed by atoms with E-state index in [4.69, 9.17) is 23.2 Å².